The summed E-state index contributed by atoms with van der Waals surface area (Å²) in [6, 6.07) is 14.0. The average molecular weight is 237 g/mol. The second-order valence-corrected chi connectivity index (χ2v) is 4.04. The van der Waals surface area contributed by atoms with Crippen LogP contribution in [0.4, 0.5) is 11.4 Å². The van der Waals surface area contributed by atoms with Gasteiger partial charge in [0.2, 0.25) is 0 Å². The smallest absolute Gasteiger partial charge is 0.140 e. The third kappa shape index (κ3) is 2.33. The number of aromatic nitrogens is 1. The Morgan fingerprint density at radius 3 is 2.56 bits per heavy atom. The average Bonchev–Trinajstić information content (AvgIpc) is 2.42. The molecule has 0 spiro atoms. The lowest BCUT2D eigenvalue weighted by atomic mass is 10.1. The minimum absolute atomic E-state index is 0.444. The molecule has 1 heterocycles. The molecule has 0 amide bonds. The largest absolute Gasteiger partial charge is 0.340 e. The highest BCUT2D eigenvalue weighted by Crippen LogP contribution is 2.27. The van der Waals surface area contributed by atoms with Crippen LogP contribution in [-0.2, 0) is 0 Å². The van der Waals surface area contributed by atoms with Gasteiger partial charge in [0, 0.05) is 12.2 Å². The summed E-state index contributed by atoms with van der Waals surface area (Å²) in [4.78, 5) is 6.30. The molecule has 2 aromatic rings. The van der Waals surface area contributed by atoms with Crippen molar-refractivity contribution < 1.29 is 0 Å². The van der Waals surface area contributed by atoms with Crippen molar-refractivity contribution in [2.24, 2.45) is 0 Å². The normalized spacial score (nSPS) is 9.83. The van der Waals surface area contributed by atoms with E-state index in [4.69, 9.17) is 5.26 Å². The Morgan fingerprint density at radius 1 is 1.22 bits per heavy atom. The highest BCUT2D eigenvalue weighted by Gasteiger charge is 2.09. The molecule has 0 aliphatic heterocycles. The van der Waals surface area contributed by atoms with E-state index in [9.17, 15) is 0 Å². The van der Waals surface area contributed by atoms with E-state index in [0.29, 0.717) is 5.69 Å². The number of nitriles is 1. The van der Waals surface area contributed by atoms with Crippen LogP contribution in [0.15, 0.2) is 42.6 Å². The van der Waals surface area contributed by atoms with E-state index in [1.165, 1.54) is 11.3 Å². The van der Waals surface area contributed by atoms with Gasteiger partial charge in [-0.3, -0.25) is 0 Å². The third-order valence-corrected chi connectivity index (χ3v) is 2.90. The Labute approximate surface area is 107 Å². The van der Waals surface area contributed by atoms with Crippen LogP contribution >= 0.6 is 0 Å². The first-order valence-corrected chi connectivity index (χ1v) is 5.95. The summed E-state index contributed by atoms with van der Waals surface area (Å²) in [5, 5.41) is 8.76. The van der Waals surface area contributed by atoms with Crippen molar-refractivity contribution in [1.29, 1.82) is 5.26 Å². The number of benzene rings is 1. The lowest BCUT2D eigenvalue weighted by Crippen LogP contribution is -2.17. The minimum atomic E-state index is 0.444. The molecule has 0 saturated heterocycles. The first kappa shape index (κ1) is 12.1. The quantitative estimate of drug-likeness (QED) is 0.821. The molecule has 0 saturated carbocycles. The Morgan fingerprint density at radius 2 is 2.00 bits per heavy atom. The van der Waals surface area contributed by atoms with Crippen LogP contribution in [0.1, 0.15) is 18.2 Å². The van der Waals surface area contributed by atoms with Gasteiger partial charge >= 0.3 is 0 Å². The molecule has 1 aromatic carbocycles. The van der Waals surface area contributed by atoms with Crippen molar-refractivity contribution in [3.8, 4) is 6.07 Å². The van der Waals surface area contributed by atoms with E-state index in [-0.39, 0.29) is 0 Å². The lowest BCUT2D eigenvalue weighted by Gasteiger charge is -2.24. The van der Waals surface area contributed by atoms with E-state index in [1.54, 1.807) is 12.3 Å². The van der Waals surface area contributed by atoms with Crippen LogP contribution < -0.4 is 4.90 Å². The number of nitrogens with zero attached hydrogens (tertiary/aromatic N) is 3. The molecule has 0 atom stereocenters. The molecule has 3 nitrogen and oxygen atoms in total. The molecule has 18 heavy (non-hydrogen) atoms. The maximum atomic E-state index is 8.76. The van der Waals surface area contributed by atoms with Gasteiger partial charge in [0.15, 0.2) is 0 Å². The van der Waals surface area contributed by atoms with Crippen molar-refractivity contribution in [2.45, 2.75) is 13.8 Å². The number of hydrogen-bond donors (Lipinski definition) is 0. The molecule has 2 rings (SSSR count). The van der Waals surface area contributed by atoms with E-state index >= 15 is 0 Å². The molecule has 0 fully saturated rings. The van der Waals surface area contributed by atoms with Gasteiger partial charge in [0.25, 0.3) is 0 Å². The van der Waals surface area contributed by atoms with Gasteiger partial charge < -0.3 is 4.90 Å². The molecule has 0 N–H and O–H groups in total. The number of hydrogen-bond acceptors (Lipinski definition) is 3. The number of pyridine rings is 1. The number of aryl methyl sites for hydroxylation is 1. The van der Waals surface area contributed by atoms with Crippen molar-refractivity contribution in [2.75, 3.05) is 11.4 Å². The van der Waals surface area contributed by atoms with Crippen LogP contribution in [0.2, 0.25) is 0 Å². The van der Waals surface area contributed by atoms with E-state index < -0.39 is 0 Å². The predicted molar refractivity (Wildman–Crippen MR) is 72.8 cm³/mol. The molecule has 0 unspecified atom stereocenters. The molecule has 0 aliphatic carbocycles. The van der Waals surface area contributed by atoms with Crippen molar-refractivity contribution in [1.82, 2.24) is 4.98 Å². The van der Waals surface area contributed by atoms with Crippen LogP contribution in [0, 0.1) is 18.3 Å². The molecule has 90 valence electrons. The van der Waals surface area contributed by atoms with Gasteiger partial charge in [-0.05, 0) is 37.6 Å². The molecule has 0 bridgehead atoms. The zero-order valence-electron chi connectivity index (χ0n) is 10.6. The summed E-state index contributed by atoms with van der Waals surface area (Å²) in [6.07, 6.45) is 1.74. The summed E-state index contributed by atoms with van der Waals surface area (Å²) < 4.78 is 0. The van der Waals surface area contributed by atoms with E-state index in [2.05, 4.69) is 35.9 Å². The maximum absolute atomic E-state index is 8.76. The van der Waals surface area contributed by atoms with Gasteiger partial charge in [-0.2, -0.15) is 5.26 Å². The highest BCUT2D eigenvalue weighted by molar-refractivity contribution is 5.65. The zero-order chi connectivity index (χ0) is 13.0. The first-order chi connectivity index (χ1) is 8.76. The lowest BCUT2D eigenvalue weighted by molar-refractivity contribution is 1.01. The fourth-order valence-electron chi connectivity index (χ4n) is 1.97. The Bertz CT molecular complexity index is 567. The molecule has 0 radical (unpaired) electrons. The van der Waals surface area contributed by atoms with E-state index in [1.807, 2.05) is 24.3 Å². The molecule has 1 aromatic heterocycles. The number of para-hydroxylation sites is 1. The van der Waals surface area contributed by atoms with Crippen LogP contribution in [0.25, 0.3) is 0 Å². The fraction of sp³-hybridized carbons (Fsp3) is 0.200. The van der Waals surface area contributed by atoms with Crippen molar-refractivity contribution in [3.05, 3.63) is 53.9 Å². The second-order valence-electron chi connectivity index (χ2n) is 4.04. The topological polar surface area (TPSA) is 39.9 Å². The number of rotatable bonds is 3. The Balaban J connectivity index is 2.40. The summed E-state index contributed by atoms with van der Waals surface area (Å²) in [6.45, 7) is 5.05. The minimum Gasteiger partial charge on any atom is -0.340 e. The predicted octanol–water partition coefficient (Wildman–Crippen LogP) is 3.42. The molecule has 3 heteroatoms. The Kier molecular flexibility index (Phi) is 3.59. The van der Waals surface area contributed by atoms with Gasteiger partial charge in [-0.1, -0.05) is 18.2 Å². The van der Waals surface area contributed by atoms with Gasteiger partial charge in [-0.25, -0.2) is 4.98 Å². The second kappa shape index (κ2) is 5.33. The van der Waals surface area contributed by atoms with Gasteiger partial charge in [-0.15, -0.1) is 0 Å². The summed E-state index contributed by atoms with van der Waals surface area (Å²) in [5.41, 5.74) is 3.85. The number of anilines is 2. The third-order valence-electron chi connectivity index (χ3n) is 2.90. The van der Waals surface area contributed by atoms with Gasteiger partial charge in [0.05, 0.1) is 11.9 Å². The molecular weight excluding hydrogens is 222 g/mol. The monoisotopic (exact) mass is 237 g/mol. The summed E-state index contributed by atoms with van der Waals surface area (Å²) in [5.74, 6) is 0. The van der Waals surface area contributed by atoms with E-state index in [0.717, 1.165) is 12.2 Å². The van der Waals surface area contributed by atoms with Crippen LogP contribution in [-0.4, -0.2) is 11.5 Å². The van der Waals surface area contributed by atoms with Crippen LogP contribution in [0.3, 0.4) is 0 Å². The van der Waals surface area contributed by atoms with Crippen molar-refractivity contribution in [3.63, 3.8) is 0 Å². The fourth-order valence-corrected chi connectivity index (χ4v) is 1.97. The highest BCUT2D eigenvalue weighted by atomic mass is 15.1. The SMILES string of the molecule is CCN(c1ccc(C#N)nc1)c1ccccc1C. The van der Waals surface area contributed by atoms with Crippen molar-refractivity contribution >= 4 is 11.4 Å². The molecule has 0 aliphatic rings. The Hall–Kier alpha value is -2.34. The summed E-state index contributed by atoms with van der Waals surface area (Å²) in [7, 11) is 0. The first-order valence-electron chi connectivity index (χ1n) is 5.95. The summed E-state index contributed by atoms with van der Waals surface area (Å²) >= 11 is 0. The standard InChI is InChI=1S/C15H15N3/c1-3-18(15-7-5-4-6-12(15)2)14-9-8-13(10-16)17-11-14/h4-9,11H,3H2,1-2H3. The van der Waals surface area contributed by atoms with Crippen LogP contribution in [0.5, 0.6) is 0 Å². The maximum Gasteiger partial charge on any atom is 0.140 e. The zero-order valence-corrected chi connectivity index (χ0v) is 10.6. The van der Waals surface area contributed by atoms with Gasteiger partial charge in [0.1, 0.15) is 11.8 Å². The molecular formula is C15H15N3.